The fraction of sp³-hybridized carbons (Fsp3) is 0.267. The molecule has 1 aromatic heterocycles. The molecule has 2 aromatic rings. The summed E-state index contributed by atoms with van der Waals surface area (Å²) < 4.78 is 5.13. The van der Waals surface area contributed by atoms with Gasteiger partial charge in [0.2, 0.25) is 0 Å². The first kappa shape index (κ1) is 18.7. The van der Waals surface area contributed by atoms with Crippen molar-refractivity contribution in [3.8, 4) is 5.75 Å². The highest BCUT2D eigenvalue weighted by Crippen LogP contribution is 2.11. The summed E-state index contributed by atoms with van der Waals surface area (Å²) in [5, 5.41) is 3.41. The number of methoxy groups -OCH3 is 1. The van der Waals surface area contributed by atoms with E-state index in [0.29, 0.717) is 0 Å². The molecule has 1 N–H and O–H groups in total. The van der Waals surface area contributed by atoms with Crippen LogP contribution in [0.5, 0.6) is 5.75 Å². The highest BCUT2D eigenvalue weighted by Gasteiger charge is 1.95. The van der Waals surface area contributed by atoms with E-state index in [4.69, 9.17) is 4.74 Å². The number of nitrogens with zero attached hydrogens (tertiary/aromatic N) is 1. The molecule has 0 saturated heterocycles. The molecular weight excluding hydrogens is 295 g/mol. The summed E-state index contributed by atoms with van der Waals surface area (Å²) in [7, 11) is 1.68. The first-order chi connectivity index (χ1) is 8.88. The molecule has 0 unspecified atom stereocenters. The quantitative estimate of drug-likeness (QED) is 0.831. The van der Waals surface area contributed by atoms with Gasteiger partial charge in [0.25, 0.3) is 0 Å². The fourth-order valence-corrected chi connectivity index (χ4v) is 1.76. The molecule has 2 rings (SSSR count). The molecule has 0 saturated carbocycles. The number of ether oxygens (including phenoxy) is 1. The maximum absolute atomic E-state index is 5.13. The second-order valence-electron chi connectivity index (χ2n) is 4.14. The maximum atomic E-state index is 5.13. The number of nitrogens with one attached hydrogen (secondary N) is 1. The normalized spacial score (nSPS) is 9.25. The van der Waals surface area contributed by atoms with Crippen LogP contribution in [0.3, 0.4) is 0 Å². The summed E-state index contributed by atoms with van der Waals surface area (Å²) in [5.74, 6) is 0.905. The van der Waals surface area contributed by atoms with Crippen LogP contribution >= 0.6 is 24.8 Å². The van der Waals surface area contributed by atoms with Crippen LogP contribution in [0.1, 0.15) is 11.1 Å². The number of halogens is 2. The number of benzene rings is 1. The van der Waals surface area contributed by atoms with Gasteiger partial charge in [-0.1, -0.05) is 18.2 Å². The van der Waals surface area contributed by atoms with Gasteiger partial charge in [-0.05, 0) is 42.3 Å². The Hall–Kier alpha value is -1.29. The average Bonchev–Trinajstić information content (AvgIpc) is 2.45. The van der Waals surface area contributed by atoms with Gasteiger partial charge in [0, 0.05) is 18.9 Å². The van der Waals surface area contributed by atoms with E-state index < -0.39 is 0 Å². The lowest BCUT2D eigenvalue weighted by Crippen LogP contribution is -2.16. The smallest absolute Gasteiger partial charge is 0.118 e. The van der Waals surface area contributed by atoms with Gasteiger partial charge in [0.15, 0.2) is 0 Å². The van der Waals surface area contributed by atoms with E-state index in [1.807, 2.05) is 24.4 Å². The predicted octanol–water partition coefficient (Wildman–Crippen LogP) is 3.27. The molecule has 0 aliphatic rings. The van der Waals surface area contributed by atoms with Crippen molar-refractivity contribution in [2.45, 2.75) is 13.0 Å². The minimum absolute atomic E-state index is 0. The van der Waals surface area contributed by atoms with Crippen molar-refractivity contribution >= 4 is 24.8 Å². The topological polar surface area (TPSA) is 34.1 Å². The second-order valence-corrected chi connectivity index (χ2v) is 4.14. The van der Waals surface area contributed by atoms with Crippen molar-refractivity contribution in [3.05, 3.63) is 59.9 Å². The summed E-state index contributed by atoms with van der Waals surface area (Å²) in [5.41, 5.74) is 2.53. The molecule has 0 spiro atoms. The minimum atomic E-state index is 0. The van der Waals surface area contributed by atoms with Gasteiger partial charge < -0.3 is 10.1 Å². The van der Waals surface area contributed by atoms with Gasteiger partial charge in [-0.2, -0.15) is 0 Å². The molecule has 0 fully saturated rings. The predicted molar refractivity (Wildman–Crippen MR) is 87.1 cm³/mol. The summed E-state index contributed by atoms with van der Waals surface area (Å²) in [6.07, 6.45) is 4.70. The van der Waals surface area contributed by atoms with Gasteiger partial charge in [-0.15, -0.1) is 24.8 Å². The Morgan fingerprint density at radius 1 is 1.05 bits per heavy atom. The van der Waals surface area contributed by atoms with Crippen molar-refractivity contribution in [1.29, 1.82) is 0 Å². The van der Waals surface area contributed by atoms with Crippen LogP contribution in [0.15, 0.2) is 48.8 Å². The molecule has 0 radical (unpaired) electrons. The molecule has 5 heteroatoms. The Balaban J connectivity index is 0.00000180. The average molecular weight is 315 g/mol. The van der Waals surface area contributed by atoms with Crippen LogP contribution in [0.4, 0.5) is 0 Å². The van der Waals surface area contributed by atoms with Crippen LogP contribution in [0.2, 0.25) is 0 Å². The molecule has 0 aliphatic heterocycles. The van der Waals surface area contributed by atoms with Crippen LogP contribution in [0, 0.1) is 0 Å². The zero-order valence-electron chi connectivity index (χ0n) is 11.4. The highest BCUT2D eigenvalue weighted by molar-refractivity contribution is 5.85. The van der Waals surface area contributed by atoms with E-state index in [9.17, 15) is 0 Å². The maximum Gasteiger partial charge on any atom is 0.118 e. The van der Waals surface area contributed by atoms with Crippen molar-refractivity contribution in [2.75, 3.05) is 13.7 Å². The van der Waals surface area contributed by atoms with Crippen LogP contribution in [0.25, 0.3) is 0 Å². The Morgan fingerprint density at radius 3 is 2.40 bits per heavy atom. The standard InChI is InChI=1S/C15H18N2O.2ClH/c1-18-15-6-4-13(5-7-15)8-10-17-12-14-3-2-9-16-11-14;;/h2-7,9,11,17H,8,10,12H2,1H3;2*1H. The van der Waals surface area contributed by atoms with Crippen LogP contribution in [-0.2, 0) is 13.0 Å². The molecule has 3 nitrogen and oxygen atoms in total. The first-order valence-electron chi connectivity index (χ1n) is 6.11. The van der Waals surface area contributed by atoms with Gasteiger partial charge in [0.05, 0.1) is 7.11 Å². The van der Waals surface area contributed by atoms with Gasteiger partial charge in [-0.25, -0.2) is 0 Å². The number of aromatic nitrogens is 1. The molecule has 0 aliphatic carbocycles. The molecular formula is C15H20Cl2N2O. The van der Waals surface area contributed by atoms with E-state index in [1.165, 1.54) is 11.1 Å². The summed E-state index contributed by atoms with van der Waals surface area (Å²) >= 11 is 0. The highest BCUT2D eigenvalue weighted by atomic mass is 35.5. The molecule has 0 atom stereocenters. The number of pyridine rings is 1. The first-order valence-corrected chi connectivity index (χ1v) is 6.11. The lowest BCUT2D eigenvalue weighted by atomic mass is 10.1. The van der Waals surface area contributed by atoms with Gasteiger partial charge in [0.1, 0.15) is 5.75 Å². The van der Waals surface area contributed by atoms with Gasteiger partial charge >= 0.3 is 0 Å². The Bertz CT molecular complexity index is 463. The van der Waals surface area contributed by atoms with Crippen molar-refractivity contribution in [1.82, 2.24) is 10.3 Å². The van der Waals surface area contributed by atoms with Crippen LogP contribution < -0.4 is 10.1 Å². The summed E-state index contributed by atoms with van der Waals surface area (Å²) in [4.78, 5) is 4.09. The SMILES string of the molecule is COc1ccc(CCNCc2cccnc2)cc1.Cl.Cl. The molecule has 110 valence electrons. The van der Waals surface area contributed by atoms with Crippen molar-refractivity contribution in [2.24, 2.45) is 0 Å². The van der Waals surface area contributed by atoms with E-state index in [-0.39, 0.29) is 24.8 Å². The molecule has 20 heavy (non-hydrogen) atoms. The number of rotatable bonds is 6. The third-order valence-corrected chi connectivity index (χ3v) is 2.80. The Labute approximate surface area is 132 Å². The zero-order chi connectivity index (χ0) is 12.6. The summed E-state index contributed by atoms with van der Waals surface area (Å²) in [6.45, 7) is 1.82. The lowest BCUT2D eigenvalue weighted by Gasteiger charge is -2.05. The van der Waals surface area contributed by atoms with Crippen LogP contribution in [-0.4, -0.2) is 18.6 Å². The lowest BCUT2D eigenvalue weighted by molar-refractivity contribution is 0.414. The van der Waals surface area contributed by atoms with Crippen molar-refractivity contribution in [3.63, 3.8) is 0 Å². The third kappa shape index (κ3) is 6.24. The van der Waals surface area contributed by atoms with E-state index in [0.717, 1.165) is 25.3 Å². The largest absolute Gasteiger partial charge is 0.497 e. The second kappa shape index (κ2) is 10.5. The van der Waals surface area contributed by atoms with Gasteiger partial charge in [-0.3, -0.25) is 4.98 Å². The van der Waals surface area contributed by atoms with E-state index >= 15 is 0 Å². The fourth-order valence-electron chi connectivity index (χ4n) is 1.76. The van der Waals surface area contributed by atoms with E-state index in [1.54, 1.807) is 13.3 Å². The van der Waals surface area contributed by atoms with E-state index in [2.05, 4.69) is 28.5 Å². The number of hydrogen-bond acceptors (Lipinski definition) is 3. The Kier molecular flexibility index (Phi) is 9.82. The molecule has 0 bridgehead atoms. The Morgan fingerprint density at radius 2 is 1.80 bits per heavy atom. The number of hydrogen-bond donors (Lipinski definition) is 1. The minimum Gasteiger partial charge on any atom is -0.497 e. The summed E-state index contributed by atoms with van der Waals surface area (Å²) in [6, 6.07) is 12.2. The third-order valence-electron chi connectivity index (χ3n) is 2.80. The molecule has 1 aromatic carbocycles. The monoisotopic (exact) mass is 314 g/mol. The zero-order valence-corrected chi connectivity index (χ0v) is 13.0. The molecule has 1 heterocycles. The van der Waals surface area contributed by atoms with Crippen molar-refractivity contribution < 1.29 is 4.74 Å². The molecule has 0 amide bonds.